The second kappa shape index (κ2) is 6.10. The van der Waals surface area contributed by atoms with E-state index in [-0.39, 0.29) is 11.5 Å². The highest BCUT2D eigenvalue weighted by atomic mass is 16.6. The lowest BCUT2D eigenvalue weighted by molar-refractivity contribution is 0.0532. The lowest BCUT2D eigenvalue weighted by atomic mass is 9.76. The van der Waals surface area contributed by atoms with Gasteiger partial charge in [-0.2, -0.15) is 4.98 Å². The summed E-state index contributed by atoms with van der Waals surface area (Å²) in [6.45, 7) is 10.0. The number of carbonyl (C=O) groups is 1. The van der Waals surface area contributed by atoms with Gasteiger partial charge in [0, 0.05) is 6.54 Å². The Hall–Kier alpha value is -1.85. The summed E-state index contributed by atoms with van der Waals surface area (Å²) in [7, 11) is 0. The van der Waals surface area contributed by atoms with Crippen molar-refractivity contribution < 1.29 is 14.1 Å². The largest absolute Gasteiger partial charge is 0.444 e. The molecule has 1 aliphatic carbocycles. The van der Waals surface area contributed by atoms with Crippen molar-refractivity contribution in [2.75, 3.05) is 6.54 Å². The molecule has 122 valence electrons. The second-order valence-electron chi connectivity index (χ2n) is 7.13. The Morgan fingerprint density at radius 1 is 1.50 bits per heavy atom. The molecule has 0 spiro atoms. The highest BCUT2D eigenvalue weighted by molar-refractivity contribution is 5.68. The van der Waals surface area contributed by atoms with Crippen molar-refractivity contribution in [2.24, 2.45) is 0 Å². The predicted molar refractivity (Wildman–Crippen MR) is 82.6 cm³/mol. The van der Waals surface area contributed by atoms with Crippen molar-refractivity contribution in [1.29, 1.82) is 0 Å². The van der Waals surface area contributed by atoms with Crippen molar-refractivity contribution in [3.8, 4) is 0 Å². The van der Waals surface area contributed by atoms with Crippen molar-refractivity contribution in [3.63, 3.8) is 0 Å². The van der Waals surface area contributed by atoms with Gasteiger partial charge >= 0.3 is 6.09 Å². The number of aromatic nitrogens is 2. The quantitative estimate of drug-likeness (QED) is 0.867. The van der Waals surface area contributed by atoms with Gasteiger partial charge in [-0.05, 0) is 47.0 Å². The number of carbonyl (C=O) groups excluding carboxylic acids is 1. The first-order valence-electron chi connectivity index (χ1n) is 7.63. The third-order valence-electron chi connectivity index (χ3n) is 3.74. The summed E-state index contributed by atoms with van der Waals surface area (Å²) >= 11 is 0. The maximum absolute atomic E-state index is 11.7. The fourth-order valence-electron chi connectivity index (χ4n) is 2.41. The molecule has 1 heterocycles. The molecular formula is C16H25N3O3. The summed E-state index contributed by atoms with van der Waals surface area (Å²) < 4.78 is 10.5. The summed E-state index contributed by atoms with van der Waals surface area (Å²) in [5.41, 5.74) is 0.621. The van der Waals surface area contributed by atoms with Crippen LogP contribution in [-0.4, -0.2) is 28.4 Å². The molecule has 1 amide bonds. The smallest absolute Gasteiger partial charge is 0.407 e. The van der Waals surface area contributed by atoms with Gasteiger partial charge in [-0.15, -0.1) is 0 Å². The van der Waals surface area contributed by atoms with Crippen LogP contribution in [0.15, 0.2) is 16.2 Å². The SMILES string of the molecule is Cc1noc(C2(C)CC=C(CNC(=O)OC(C)(C)C)CC2)n1. The summed E-state index contributed by atoms with van der Waals surface area (Å²) in [6, 6.07) is 0. The lowest BCUT2D eigenvalue weighted by Gasteiger charge is -2.29. The van der Waals surface area contributed by atoms with E-state index in [2.05, 4.69) is 28.5 Å². The average Bonchev–Trinajstić information content (AvgIpc) is 2.84. The van der Waals surface area contributed by atoms with Gasteiger partial charge < -0.3 is 14.6 Å². The maximum Gasteiger partial charge on any atom is 0.407 e. The fraction of sp³-hybridized carbons (Fsp3) is 0.688. The van der Waals surface area contributed by atoms with Crippen molar-refractivity contribution in [2.45, 2.75) is 64.9 Å². The monoisotopic (exact) mass is 307 g/mol. The van der Waals surface area contributed by atoms with Gasteiger partial charge in [0.2, 0.25) is 5.89 Å². The van der Waals surface area contributed by atoms with E-state index < -0.39 is 5.60 Å². The molecule has 1 aliphatic rings. The number of hydrogen-bond acceptors (Lipinski definition) is 5. The third-order valence-corrected chi connectivity index (χ3v) is 3.74. The number of ether oxygens (including phenoxy) is 1. The zero-order valence-electron chi connectivity index (χ0n) is 14.0. The summed E-state index contributed by atoms with van der Waals surface area (Å²) in [6.07, 6.45) is 4.43. The van der Waals surface area contributed by atoms with Crippen LogP contribution in [0.1, 0.15) is 58.7 Å². The molecule has 2 rings (SSSR count). The third kappa shape index (κ3) is 4.32. The Morgan fingerprint density at radius 2 is 2.23 bits per heavy atom. The van der Waals surface area contributed by atoms with E-state index in [9.17, 15) is 4.79 Å². The Balaban J connectivity index is 1.88. The van der Waals surface area contributed by atoms with Crippen LogP contribution in [0.2, 0.25) is 0 Å². The standard InChI is InChI=1S/C16H25N3O3/c1-11-18-13(22-19-11)16(5)8-6-12(7-9-16)10-17-14(20)21-15(2,3)4/h6H,7-10H2,1-5H3,(H,17,20). The van der Waals surface area contributed by atoms with E-state index in [4.69, 9.17) is 9.26 Å². The molecule has 1 N–H and O–H groups in total. The zero-order valence-corrected chi connectivity index (χ0v) is 14.0. The van der Waals surface area contributed by atoms with Crippen molar-refractivity contribution in [1.82, 2.24) is 15.5 Å². The van der Waals surface area contributed by atoms with E-state index in [0.29, 0.717) is 18.3 Å². The minimum atomic E-state index is -0.473. The Morgan fingerprint density at radius 3 is 2.73 bits per heavy atom. The first-order chi connectivity index (χ1) is 10.2. The number of nitrogens with zero attached hydrogens (tertiary/aromatic N) is 2. The molecule has 0 saturated heterocycles. The molecule has 0 bridgehead atoms. The first-order valence-corrected chi connectivity index (χ1v) is 7.63. The molecule has 0 fully saturated rings. The molecule has 0 aliphatic heterocycles. The topological polar surface area (TPSA) is 77.2 Å². The molecule has 6 heteroatoms. The number of aryl methyl sites for hydroxylation is 1. The van der Waals surface area contributed by atoms with Crippen molar-refractivity contribution in [3.05, 3.63) is 23.4 Å². The van der Waals surface area contributed by atoms with E-state index in [1.165, 1.54) is 5.57 Å². The number of hydrogen-bond donors (Lipinski definition) is 1. The summed E-state index contributed by atoms with van der Waals surface area (Å²) in [4.78, 5) is 16.0. The predicted octanol–water partition coefficient (Wildman–Crippen LogP) is 3.27. The van der Waals surface area contributed by atoms with Crippen LogP contribution in [0.5, 0.6) is 0 Å². The highest BCUT2D eigenvalue weighted by Crippen LogP contribution is 2.37. The summed E-state index contributed by atoms with van der Waals surface area (Å²) in [5, 5.41) is 6.67. The van der Waals surface area contributed by atoms with Gasteiger partial charge in [0.25, 0.3) is 0 Å². The second-order valence-corrected chi connectivity index (χ2v) is 7.13. The van der Waals surface area contributed by atoms with Gasteiger partial charge in [-0.25, -0.2) is 4.79 Å². The minimum absolute atomic E-state index is 0.114. The maximum atomic E-state index is 11.7. The molecule has 1 aromatic rings. The molecule has 0 aromatic carbocycles. The van der Waals surface area contributed by atoms with Gasteiger partial charge in [0.1, 0.15) is 5.60 Å². The molecule has 0 saturated carbocycles. The molecule has 1 aromatic heterocycles. The van der Waals surface area contributed by atoms with Gasteiger partial charge in [0.05, 0.1) is 5.41 Å². The van der Waals surface area contributed by atoms with Crippen LogP contribution in [0.25, 0.3) is 0 Å². The van der Waals surface area contributed by atoms with Crippen LogP contribution >= 0.6 is 0 Å². The normalized spacial score (nSPS) is 22.1. The Labute approximate surface area is 131 Å². The van der Waals surface area contributed by atoms with Crippen LogP contribution in [0, 0.1) is 6.92 Å². The summed E-state index contributed by atoms with van der Waals surface area (Å²) in [5.74, 6) is 1.36. The number of amides is 1. The Kier molecular flexibility index (Phi) is 4.58. The molecule has 1 unspecified atom stereocenters. The first kappa shape index (κ1) is 16.5. The van der Waals surface area contributed by atoms with Gasteiger partial charge in [-0.1, -0.05) is 23.7 Å². The number of rotatable bonds is 3. The van der Waals surface area contributed by atoms with Crippen LogP contribution in [-0.2, 0) is 10.2 Å². The zero-order chi connectivity index (χ0) is 16.4. The van der Waals surface area contributed by atoms with Gasteiger partial charge in [0.15, 0.2) is 5.82 Å². The highest BCUT2D eigenvalue weighted by Gasteiger charge is 2.34. The lowest BCUT2D eigenvalue weighted by Crippen LogP contribution is -2.34. The average molecular weight is 307 g/mol. The van der Waals surface area contributed by atoms with E-state index >= 15 is 0 Å². The number of allylic oxidation sites excluding steroid dienone is 1. The molecule has 22 heavy (non-hydrogen) atoms. The van der Waals surface area contributed by atoms with Crippen LogP contribution in [0.4, 0.5) is 4.79 Å². The minimum Gasteiger partial charge on any atom is -0.444 e. The van der Waals surface area contributed by atoms with Crippen LogP contribution < -0.4 is 5.32 Å². The van der Waals surface area contributed by atoms with Crippen molar-refractivity contribution >= 4 is 6.09 Å². The van der Waals surface area contributed by atoms with Gasteiger partial charge in [-0.3, -0.25) is 0 Å². The molecule has 0 radical (unpaired) electrons. The molecule has 1 atom stereocenters. The van der Waals surface area contributed by atoms with E-state index in [1.807, 2.05) is 27.7 Å². The number of nitrogens with one attached hydrogen (secondary N) is 1. The van der Waals surface area contributed by atoms with Crippen LogP contribution in [0.3, 0.4) is 0 Å². The number of alkyl carbamates (subject to hydrolysis) is 1. The van der Waals surface area contributed by atoms with E-state index in [0.717, 1.165) is 19.3 Å². The molecule has 6 nitrogen and oxygen atoms in total. The fourth-order valence-corrected chi connectivity index (χ4v) is 2.41. The molecular weight excluding hydrogens is 282 g/mol. The van der Waals surface area contributed by atoms with E-state index in [1.54, 1.807) is 0 Å². The Bertz CT molecular complexity index is 571.